The number of aromatic amines is 1. The van der Waals surface area contributed by atoms with Gasteiger partial charge in [0.2, 0.25) is 0 Å². The van der Waals surface area contributed by atoms with E-state index in [4.69, 9.17) is 4.74 Å². The monoisotopic (exact) mass is 421 g/mol. The number of hydrogen-bond acceptors (Lipinski definition) is 5. The van der Waals surface area contributed by atoms with Gasteiger partial charge in [0.1, 0.15) is 5.82 Å². The maximum atomic E-state index is 12.1. The van der Waals surface area contributed by atoms with Crippen LogP contribution in [-0.2, 0) is 26.2 Å². The first-order valence-electron chi connectivity index (χ1n) is 10.3. The molecule has 0 fully saturated rings. The molecule has 0 unspecified atom stereocenters. The fraction of sp³-hybridized carbons (Fsp3) is 0.333. The normalized spacial score (nSPS) is 11.3. The van der Waals surface area contributed by atoms with Crippen LogP contribution in [0.15, 0.2) is 53.3 Å². The van der Waals surface area contributed by atoms with E-state index >= 15 is 0 Å². The van der Waals surface area contributed by atoms with Crippen LogP contribution in [0.3, 0.4) is 0 Å². The first kappa shape index (κ1) is 22.2. The second kappa shape index (κ2) is 9.55. The van der Waals surface area contributed by atoms with Gasteiger partial charge in [-0.15, -0.1) is 0 Å². The van der Waals surface area contributed by atoms with E-state index in [9.17, 15) is 14.4 Å². The predicted molar refractivity (Wildman–Crippen MR) is 120 cm³/mol. The van der Waals surface area contributed by atoms with Gasteiger partial charge in [-0.1, -0.05) is 45.0 Å². The van der Waals surface area contributed by atoms with Crippen LogP contribution in [0.1, 0.15) is 45.0 Å². The van der Waals surface area contributed by atoms with Crippen LogP contribution in [0.25, 0.3) is 10.9 Å². The van der Waals surface area contributed by atoms with Gasteiger partial charge in [-0.05, 0) is 41.7 Å². The Balaban J connectivity index is 1.42. The van der Waals surface area contributed by atoms with Crippen LogP contribution >= 0.6 is 0 Å². The molecule has 0 aliphatic carbocycles. The van der Waals surface area contributed by atoms with E-state index in [1.54, 1.807) is 18.2 Å². The minimum absolute atomic E-state index is 0.0352. The molecule has 7 heteroatoms. The van der Waals surface area contributed by atoms with E-state index in [1.807, 2.05) is 30.3 Å². The Labute approximate surface area is 180 Å². The van der Waals surface area contributed by atoms with Crippen LogP contribution in [0.5, 0.6) is 0 Å². The number of esters is 1. The highest BCUT2D eigenvalue weighted by molar-refractivity contribution is 5.92. The number of H-pyrrole nitrogens is 1. The third-order valence-electron chi connectivity index (χ3n) is 4.86. The molecule has 7 nitrogen and oxygen atoms in total. The summed E-state index contributed by atoms with van der Waals surface area (Å²) in [4.78, 5) is 43.1. The number of amides is 1. The molecule has 31 heavy (non-hydrogen) atoms. The molecule has 1 heterocycles. The van der Waals surface area contributed by atoms with Crippen molar-refractivity contribution in [3.05, 3.63) is 70.3 Å². The summed E-state index contributed by atoms with van der Waals surface area (Å²) in [6, 6.07) is 14.7. The van der Waals surface area contributed by atoms with Gasteiger partial charge >= 0.3 is 5.97 Å². The van der Waals surface area contributed by atoms with Crippen molar-refractivity contribution in [3.8, 4) is 0 Å². The molecule has 0 aliphatic rings. The second-order valence-electron chi connectivity index (χ2n) is 8.42. The van der Waals surface area contributed by atoms with Gasteiger partial charge in [0.05, 0.1) is 10.9 Å². The number of hydrogen-bond donors (Lipinski definition) is 2. The number of para-hydroxylation sites is 1. The number of rotatable bonds is 7. The summed E-state index contributed by atoms with van der Waals surface area (Å²) in [5.74, 6) is -0.341. The third-order valence-corrected chi connectivity index (χ3v) is 4.86. The SMILES string of the molecule is CC(C)(C)c1ccc(NC(=O)COC(=O)CCCc2nc3ccccc3c(=O)[nH]2)cc1. The molecule has 1 amide bonds. The Bertz CT molecular complexity index is 1130. The maximum absolute atomic E-state index is 12.1. The zero-order valence-corrected chi connectivity index (χ0v) is 18.0. The van der Waals surface area contributed by atoms with Crippen LogP contribution in [0.4, 0.5) is 5.69 Å². The quantitative estimate of drug-likeness (QED) is 0.566. The number of carbonyl (C=O) groups excluding carboxylic acids is 2. The average molecular weight is 421 g/mol. The number of carbonyl (C=O) groups is 2. The standard InChI is InChI=1S/C24H27N3O4/c1-24(2,3)16-11-13-17(14-12-16)25-21(28)15-31-22(29)10-6-9-20-26-19-8-5-4-7-18(19)23(30)27-20/h4-5,7-8,11-14H,6,9-10,15H2,1-3H3,(H,25,28)(H,26,27,30). The van der Waals surface area contributed by atoms with Gasteiger partial charge in [0, 0.05) is 18.5 Å². The molecule has 0 atom stereocenters. The Morgan fingerprint density at radius 2 is 1.77 bits per heavy atom. The molecule has 0 saturated heterocycles. The predicted octanol–water partition coefficient (Wildman–Crippen LogP) is 3.73. The Kier molecular flexibility index (Phi) is 6.84. The van der Waals surface area contributed by atoms with Gasteiger partial charge in [0.15, 0.2) is 6.61 Å². The molecule has 2 N–H and O–H groups in total. The molecule has 1 aromatic heterocycles. The lowest BCUT2D eigenvalue weighted by Gasteiger charge is -2.19. The summed E-state index contributed by atoms with van der Waals surface area (Å²) in [5, 5.41) is 3.25. The Morgan fingerprint density at radius 1 is 1.06 bits per heavy atom. The molecule has 0 saturated carbocycles. The van der Waals surface area contributed by atoms with E-state index in [-0.39, 0.29) is 24.0 Å². The van der Waals surface area contributed by atoms with Crippen molar-refractivity contribution < 1.29 is 14.3 Å². The molecule has 3 aromatic rings. The van der Waals surface area contributed by atoms with Crippen molar-refractivity contribution in [3.63, 3.8) is 0 Å². The van der Waals surface area contributed by atoms with Gasteiger partial charge in [-0.25, -0.2) is 4.98 Å². The van der Waals surface area contributed by atoms with Crippen LogP contribution in [-0.4, -0.2) is 28.5 Å². The lowest BCUT2D eigenvalue weighted by molar-refractivity contribution is -0.147. The molecule has 0 spiro atoms. The highest BCUT2D eigenvalue weighted by atomic mass is 16.5. The summed E-state index contributed by atoms with van der Waals surface area (Å²) in [6.07, 6.45) is 1.02. The van der Waals surface area contributed by atoms with E-state index in [0.29, 0.717) is 35.3 Å². The van der Waals surface area contributed by atoms with E-state index in [2.05, 4.69) is 36.1 Å². The fourth-order valence-electron chi connectivity index (χ4n) is 3.12. The number of benzene rings is 2. The number of fused-ring (bicyclic) bond motifs is 1. The summed E-state index contributed by atoms with van der Waals surface area (Å²) in [6.45, 7) is 6.01. The topological polar surface area (TPSA) is 101 Å². The molecule has 2 aromatic carbocycles. The van der Waals surface area contributed by atoms with Gasteiger partial charge in [0.25, 0.3) is 11.5 Å². The second-order valence-corrected chi connectivity index (χ2v) is 8.42. The van der Waals surface area contributed by atoms with Crippen molar-refractivity contribution >= 4 is 28.5 Å². The highest BCUT2D eigenvalue weighted by Gasteiger charge is 2.14. The maximum Gasteiger partial charge on any atom is 0.306 e. The van der Waals surface area contributed by atoms with E-state index < -0.39 is 11.9 Å². The molecular formula is C24H27N3O4. The molecule has 162 valence electrons. The number of aryl methyl sites for hydroxylation is 1. The van der Waals surface area contributed by atoms with Gasteiger partial charge in [-0.2, -0.15) is 0 Å². The van der Waals surface area contributed by atoms with Crippen molar-refractivity contribution in [2.75, 3.05) is 11.9 Å². The van der Waals surface area contributed by atoms with Crippen LogP contribution in [0, 0.1) is 0 Å². The van der Waals surface area contributed by atoms with Crippen molar-refractivity contribution in [2.45, 2.75) is 45.4 Å². The Morgan fingerprint density at radius 3 is 2.48 bits per heavy atom. The number of aromatic nitrogens is 2. The number of nitrogens with one attached hydrogen (secondary N) is 2. The van der Waals surface area contributed by atoms with Crippen LogP contribution in [0.2, 0.25) is 0 Å². The first-order chi connectivity index (χ1) is 14.7. The molecule has 0 radical (unpaired) electrons. The highest BCUT2D eigenvalue weighted by Crippen LogP contribution is 2.23. The lowest BCUT2D eigenvalue weighted by Crippen LogP contribution is -2.21. The number of anilines is 1. The van der Waals surface area contributed by atoms with Gasteiger partial charge in [-0.3, -0.25) is 14.4 Å². The first-order valence-corrected chi connectivity index (χ1v) is 10.3. The van der Waals surface area contributed by atoms with Crippen molar-refractivity contribution in [2.24, 2.45) is 0 Å². The van der Waals surface area contributed by atoms with Crippen molar-refractivity contribution in [1.29, 1.82) is 0 Å². The molecule has 0 aliphatic heterocycles. The summed E-state index contributed by atoms with van der Waals surface area (Å²) in [7, 11) is 0. The summed E-state index contributed by atoms with van der Waals surface area (Å²) >= 11 is 0. The molecular weight excluding hydrogens is 394 g/mol. The summed E-state index contributed by atoms with van der Waals surface area (Å²) < 4.78 is 5.04. The lowest BCUT2D eigenvalue weighted by atomic mass is 9.87. The molecule has 0 bridgehead atoms. The van der Waals surface area contributed by atoms with Crippen LogP contribution < -0.4 is 10.9 Å². The zero-order chi connectivity index (χ0) is 22.4. The Hall–Kier alpha value is -3.48. The minimum Gasteiger partial charge on any atom is -0.456 e. The smallest absolute Gasteiger partial charge is 0.306 e. The van der Waals surface area contributed by atoms with E-state index in [0.717, 1.165) is 0 Å². The number of ether oxygens (including phenoxy) is 1. The van der Waals surface area contributed by atoms with Gasteiger partial charge < -0.3 is 15.0 Å². The summed E-state index contributed by atoms with van der Waals surface area (Å²) in [5.41, 5.74) is 2.28. The van der Waals surface area contributed by atoms with Crippen molar-refractivity contribution in [1.82, 2.24) is 9.97 Å². The zero-order valence-electron chi connectivity index (χ0n) is 18.0. The fourth-order valence-corrected chi connectivity index (χ4v) is 3.12. The third kappa shape index (κ3) is 6.25. The van der Waals surface area contributed by atoms with E-state index in [1.165, 1.54) is 5.56 Å². The number of nitrogens with zero attached hydrogens (tertiary/aromatic N) is 1. The largest absolute Gasteiger partial charge is 0.456 e. The minimum atomic E-state index is -0.471. The molecule has 3 rings (SSSR count). The average Bonchev–Trinajstić information content (AvgIpc) is 2.72.